The molecule has 0 aliphatic heterocycles. The monoisotopic (exact) mass is 348 g/mol. The van der Waals surface area contributed by atoms with Crippen LogP contribution in [0.15, 0.2) is 29.4 Å². The molecule has 0 fully saturated rings. The minimum absolute atomic E-state index is 0.0281. The number of imidazole rings is 1. The van der Waals surface area contributed by atoms with E-state index in [-0.39, 0.29) is 20.7 Å². The zero-order chi connectivity index (χ0) is 15.6. The Balaban J connectivity index is 2.65. The number of nitrogens with zero attached hydrogens (tertiary/aromatic N) is 2. The topological polar surface area (TPSA) is 61.2 Å². The average Bonchev–Trinajstić information content (AvgIpc) is 2.91. The van der Waals surface area contributed by atoms with Crippen molar-refractivity contribution < 1.29 is 13.2 Å². The van der Waals surface area contributed by atoms with Gasteiger partial charge in [-0.05, 0) is 18.6 Å². The summed E-state index contributed by atoms with van der Waals surface area (Å²) in [5.41, 5.74) is 0. The van der Waals surface area contributed by atoms with Crippen LogP contribution in [0, 0.1) is 0 Å². The predicted octanol–water partition coefficient (Wildman–Crippen LogP) is 3.39. The van der Waals surface area contributed by atoms with E-state index in [0.717, 1.165) is 10.4 Å². The first-order chi connectivity index (χ1) is 9.93. The zero-order valence-electron chi connectivity index (χ0n) is 11.5. The van der Waals surface area contributed by atoms with Gasteiger partial charge in [-0.25, -0.2) is 17.4 Å². The van der Waals surface area contributed by atoms with Crippen LogP contribution in [-0.2, 0) is 16.4 Å². The van der Waals surface area contributed by atoms with E-state index < -0.39 is 10.0 Å². The zero-order valence-corrected chi connectivity index (χ0v) is 13.8. The smallest absolute Gasteiger partial charge is 0.272 e. The van der Waals surface area contributed by atoms with Crippen molar-refractivity contribution in [2.75, 3.05) is 7.11 Å². The van der Waals surface area contributed by atoms with Gasteiger partial charge in [-0.15, -0.1) is 0 Å². The minimum Gasteiger partial charge on any atom is -0.494 e. The third-order valence-corrected chi connectivity index (χ3v) is 5.42. The highest BCUT2D eigenvalue weighted by Crippen LogP contribution is 2.38. The summed E-state index contributed by atoms with van der Waals surface area (Å²) in [4.78, 5) is 4.03. The molecule has 0 amide bonds. The molecule has 0 unspecified atom stereocenters. The van der Waals surface area contributed by atoms with Crippen molar-refractivity contribution >= 4 is 33.2 Å². The van der Waals surface area contributed by atoms with E-state index >= 15 is 0 Å². The maximum atomic E-state index is 12.8. The number of benzene rings is 1. The van der Waals surface area contributed by atoms with Crippen LogP contribution in [0.25, 0.3) is 0 Å². The maximum absolute atomic E-state index is 12.8. The number of aryl methyl sites for hydroxylation is 1. The second-order valence-electron chi connectivity index (χ2n) is 4.29. The fourth-order valence-electron chi connectivity index (χ4n) is 1.95. The standard InChI is InChI=1S/C13H14Cl2N2O3S/c1-3-4-11-16-7-8-17(11)21(18,19)10-6-5-9(14)12(15)13(10)20-2/h5-8H,3-4H2,1-2H3. The molecule has 5 nitrogen and oxygen atoms in total. The molecule has 0 aliphatic rings. The lowest BCUT2D eigenvalue weighted by molar-refractivity contribution is 0.402. The van der Waals surface area contributed by atoms with E-state index in [9.17, 15) is 8.42 Å². The van der Waals surface area contributed by atoms with Crippen molar-refractivity contribution in [3.63, 3.8) is 0 Å². The summed E-state index contributed by atoms with van der Waals surface area (Å²) in [5.74, 6) is 0.492. The Morgan fingerprint density at radius 1 is 1.33 bits per heavy atom. The number of aromatic nitrogens is 2. The Hall–Kier alpha value is -1.24. The predicted molar refractivity (Wildman–Crippen MR) is 81.8 cm³/mol. The van der Waals surface area contributed by atoms with Gasteiger partial charge in [-0.1, -0.05) is 30.1 Å². The largest absolute Gasteiger partial charge is 0.494 e. The van der Waals surface area contributed by atoms with Crippen molar-refractivity contribution in [1.82, 2.24) is 8.96 Å². The van der Waals surface area contributed by atoms with Crippen LogP contribution in [0.3, 0.4) is 0 Å². The van der Waals surface area contributed by atoms with Crippen LogP contribution in [0.5, 0.6) is 5.75 Å². The Morgan fingerprint density at radius 3 is 2.67 bits per heavy atom. The van der Waals surface area contributed by atoms with E-state index in [1.165, 1.54) is 31.6 Å². The molecule has 0 bridgehead atoms. The van der Waals surface area contributed by atoms with Gasteiger partial charge in [-0.3, -0.25) is 0 Å². The number of hydrogen-bond donors (Lipinski definition) is 0. The lowest BCUT2D eigenvalue weighted by Crippen LogP contribution is -2.16. The van der Waals surface area contributed by atoms with E-state index in [1.54, 1.807) is 0 Å². The van der Waals surface area contributed by atoms with Crippen molar-refractivity contribution in [1.29, 1.82) is 0 Å². The Morgan fingerprint density at radius 2 is 2.05 bits per heavy atom. The second-order valence-corrected chi connectivity index (χ2v) is 6.86. The highest BCUT2D eigenvalue weighted by molar-refractivity contribution is 7.90. The normalized spacial score (nSPS) is 11.6. The number of ether oxygens (including phenoxy) is 1. The van der Waals surface area contributed by atoms with E-state index in [0.29, 0.717) is 12.2 Å². The van der Waals surface area contributed by atoms with Gasteiger partial charge in [-0.2, -0.15) is 0 Å². The summed E-state index contributed by atoms with van der Waals surface area (Å²) in [7, 11) is -2.50. The van der Waals surface area contributed by atoms with Gasteiger partial charge in [0.2, 0.25) is 0 Å². The van der Waals surface area contributed by atoms with Crippen molar-refractivity contribution in [3.05, 3.63) is 40.4 Å². The molecule has 0 N–H and O–H groups in total. The second kappa shape index (κ2) is 6.25. The Labute approximate surface area is 133 Å². The Bertz CT molecular complexity index is 757. The lowest BCUT2D eigenvalue weighted by Gasteiger charge is -2.14. The molecule has 1 heterocycles. The van der Waals surface area contributed by atoms with E-state index in [1.807, 2.05) is 6.92 Å². The molecule has 0 radical (unpaired) electrons. The minimum atomic E-state index is -3.84. The summed E-state index contributed by atoms with van der Waals surface area (Å²) < 4.78 is 31.8. The van der Waals surface area contributed by atoms with Crippen LogP contribution >= 0.6 is 23.2 Å². The van der Waals surface area contributed by atoms with Gasteiger partial charge < -0.3 is 4.74 Å². The molecule has 0 saturated heterocycles. The number of halogens is 2. The summed E-state index contributed by atoms with van der Waals surface area (Å²) in [6.07, 6.45) is 4.19. The fraction of sp³-hybridized carbons (Fsp3) is 0.308. The molecule has 21 heavy (non-hydrogen) atoms. The van der Waals surface area contributed by atoms with E-state index in [2.05, 4.69) is 4.98 Å². The molecule has 1 aromatic heterocycles. The third-order valence-electron chi connectivity index (χ3n) is 2.91. The molecule has 0 aliphatic carbocycles. The SMILES string of the molecule is CCCc1nccn1S(=O)(=O)c1ccc(Cl)c(Cl)c1OC. The maximum Gasteiger partial charge on any atom is 0.272 e. The van der Waals surface area contributed by atoms with Crippen molar-refractivity contribution in [2.24, 2.45) is 0 Å². The first-order valence-corrected chi connectivity index (χ1v) is 8.42. The summed E-state index contributed by atoms with van der Waals surface area (Å²) in [6.45, 7) is 1.95. The fourth-order valence-corrected chi connectivity index (χ4v) is 3.90. The molecule has 8 heteroatoms. The first kappa shape index (κ1) is 16.1. The first-order valence-electron chi connectivity index (χ1n) is 6.23. The molecule has 0 saturated carbocycles. The van der Waals surface area contributed by atoms with Gasteiger partial charge >= 0.3 is 0 Å². The van der Waals surface area contributed by atoms with E-state index in [4.69, 9.17) is 27.9 Å². The van der Waals surface area contributed by atoms with Crippen LogP contribution in [-0.4, -0.2) is 24.5 Å². The van der Waals surface area contributed by atoms with Gasteiger partial charge in [0.05, 0.1) is 12.1 Å². The van der Waals surface area contributed by atoms with Crippen LogP contribution in [0.2, 0.25) is 10.0 Å². The molecular formula is C13H14Cl2N2O3S. The summed E-state index contributed by atoms with van der Waals surface area (Å²) in [5, 5.41) is 0.296. The molecule has 0 spiro atoms. The van der Waals surface area contributed by atoms with Gasteiger partial charge in [0.25, 0.3) is 10.0 Å². The highest BCUT2D eigenvalue weighted by atomic mass is 35.5. The molecular weight excluding hydrogens is 335 g/mol. The lowest BCUT2D eigenvalue weighted by atomic mass is 10.3. The third kappa shape index (κ3) is 2.88. The molecule has 2 aromatic rings. The molecule has 2 rings (SSSR count). The molecule has 0 atom stereocenters. The average molecular weight is 349 g/mol. The highest BCUT2D eigenvalue weighted by Gasteiger charge is 2.26. The molecule has 1 aromatic carbocycles. The quantitative estimate of drug-likeness (QED) is 0.830. The van der Waals surface area contributed by atoms with Crippen molar-refractivity contribution in [3.8, 4) is 5.75 Å². The Kier molecular flexibility index (Phi) is 4.81. The number of rotatable bonds is 5. The number of methoxy groups -OCH3 is 1. The van der Waals surface area contributed by atoms with Crippen molar-refractivity contribution in [2.45, 2.75) is 24.7 Å². The summed E-state index contributed by atoms with van der Waals surface area (Å²) in [6, 6.07) is 2.80. The van der Waals surface area contributed by atoms with Crippen LogP contribution in [0.1, 0.15) is 19.2 Å². The van der Waals surface area contributed by atoms with Crippen LogP contribution in [0.4, 0.5) is 0 Å². The van der Waals surface area contributed by atoms with Crippen LogP contribution < -0.4 is 4.74 Å². The molecule has 114 valence electrons. The van der Waals surface area contributed by atoms with Gasteiger partial charge in [0.15, 0.2) is 5.75 Å². The van der Waals surface area contributed by atoms with Gasteiger partial charge in [0, 0.05) is 18.8 Å². The number of hydrogen-bond acceptors (Lipinski definition) is 4. The van der Waals surface area contributed by atoms with Gasteiger partial charge in [0.1, 0.15) is 15.7 Å². The summed E-state index contributed by atoms with van der Waals surface area (Å²) >= 11 is 11.9.